The predicted octanol–water partition coefficient (Wildman–Crippen LogP) is 4.44. The second-order valence-corrected chi connectivity index (χ2v) is 6.76. The summed E-state index contributed by atoms with van der Waals surface area (Å²) in [5.41, 5.74) is 3.86. The molecule has 3 aromatic rings. The molecule has 1 aliphatic rings. The topological polar surface area (TPSA) is 21.1 Å². The lowest BCUT2D eigenvalue weighted by molar-refractivity contribution is 0.330. The number of aromatic nitrogens is 2. The molecular weight excluding hydrogens is 294 g/mol. The van der Waals surface area contributed by atoms with Crippen molar-refractivity contribution in [2.24, 2.45) is 0 Å². The lowest BCUT2D eigenvalue weighted by atomic mass is 10.1. The van der Waals surface area contributed by atoms with Crippen LogP contribution >= 0.6 is 0 Å². The van der Waals surface area contributed by atoms with E-state index in [0.717, 1.165) is 6.42 Å². The van der Waals surface area contributed by atoms with E-state index in [1.807, 2.05) is 12.4 Å². The van der Waals surface area contributed by atoms with Gasteiger partial charge in [0.1, 0.15) is 0 Å². The van der Waals surface area contributed by atoms with Crippen LogP contribution in [0.25, 0.3) is 16.6 Å². The van der Waals surface area contributed by atoms with Crippen LogP contribution in [0.2, 0.25) is 0 Å². The first-order valence-electron chi connectivity index (χ1n) is 9.13. The number of nitrogens with zero attached hydrogens (tertiary/aromatic N) is 3. The summed E-state index contributed by atoms with van der Waals surface area (Å²) in [7, 11) is 0. The molecule has 1 aromatic carbocycles. The van der Waals surface area contributed by atoms with E-state index in [-0.39, 0.29) is 0 Å². The number of likely N-dealkylation sites (tertiary alicyclic amines) is 1. The summed E-state index contributed by atoms with van der Waals surface area (Å²) in [5, 5.41) is 1.34. The fourth-order valence-electron chi connectivity index (χ4n) is 3.80. The number of unbranched alkanes of at least 4 members (excludes halogenated alkanes) is 1. The molecule has 0 radical (unpaired) electrons. The van der Waals surface area contributed by atoms with Gasteiger partial charge in [0.2, 0.25) is 0 Å². The summed E-state index contributed by atoms with van der Waals surface area (Å²) in [4.78, 5) is 6.94. The second kappa shape index (κ2) is 7.18. The highest BCUT2D eigenvalue weighted by atomic mass is 15.1. The number of rotatable bonds is 6. The number of fused-ring (bicyclic) bond motifs is 1. The molecule has 1 aliphatic heterocycles. The van der Waals surface area contributed by atoms with Crippen LogP contribution < -0.4 is 0 Å². The molecule has 0 spiro atoms. The summed E-state index contributed by atoms with van der Waals surface area (Å²) in [5.74, 6) is 0. The zero-order chi connectivity index (χ0) is 16.2. The number of pyridine rings is 1. The van der Waals surface area contributed by atoms with Gasteiger partial charge in [0, 0.05) is 23.5 Å². The van der Waals surface area contributed by atoms with Crippen LogP contribution in [0.1, 0.15) is 31.2 Å². The highest BCUT2D eigenvalue weighted by molar-refractivity contribution is 5.84. The van der Waals surface area contributed by atoms with Crippen LogP contribution in [0.4, 0.5) is 0 Å². The van der Waals surface area contributed by atoms with Gasteiger partial charge in [-0.2, -0.15) is 0 Å². The maximum atomic E-state index is 4.33. The third kappa shape index (κ3) is 3.22. The first kappa shape index (κ1) is 15.4. The quantitative estimate of drug-likeness (QED) is 0.626. The summed E-state index contributed by atoms with van der Waals surface area (Å²) >= 11 is 0. The molecule has 1 saturated heterocycles. The van der Waals surface area contributed by atoms with Gasteiger partial charge in [-0.3, -0.25) is 4.98 Å². The van der Waals surface area contributed by atoms with Gasteiger partial charge in [0.05, 0.1) is 11.7 Å². The van der Waals surface area contributed by atoms with E-state index >= 15 is 0 Å². The van der Waals surface area contributed by atoms with Crippen molar-refractivity contribution < 1.29 is 0 Å². The molecule has 3 nitrogen and oxygen atoms in total. The van der Waals surface area contributed by atoms with Gasteiger partial charge >= 0.3 is 0 Å². The Morgan fingerprint density at radius 1 is 0.958 bits per heavy atom. The number of benzene rings is 1. The first-order chi connectivity index (χ1) is 11.9. The molecule has 0 bridgehead atoms. The summed E-state index contributed by atoms with van der Waals surface area (Å²) in [6, 6.07) is 12.7. The average molecular weight is 319 g/mol. The van der Waals surface area contributed by atoms with E-state index in [2.05, 4.69) is 57.0 Å². The molecule has 3 heterocycles. The SMILES string of the molecule is c1ccc(-n2cc(CCCCN3CCCC3)c3ccncc32)cc1. The Balaban J connectivity index is 1.50. The van der Waals surface area contributed by atoms with E-state index in [1.54, 1.807) is 0 Å². The molecule has 3 heteroatoms. The molecular formula is C21H25N3. The predicted molar refractivity (Wildman–Crippen MR) is 99.7 cm³/mol. The molecule has 0 amide bonds. The molecule has 124 valence electrons. The maximum Gasteiger partial charge on any atom is 0.0715 e. The largest absolute Gasteiger partial charge is 0.315 e. The van der Waals surface area contributed by atoms with Gasteiger partial charge in [0.25, 0.3) is 0 Å². The number of hydrogen-bond acceptors (Lipinski definition) is 2. The molecule has 4 rings (SSSR count). The van der Waals surface area contributed by atoms with Crippen molar-refractivity contribution in [3.05, 3.63) is 60.6 Å². The summed E-state index contributed by atoms with van der Waals surface area (Å²) in [6.45, 7) is 3.87. The highest BCUT2D eigenvalue weighted by Crippen LogP contribution is 2.25. The smallest absolute Gasteiger partial charge is 0.0715 e. The van der Waals surface area contributed by atoms with E-state index in [1.165, 1.54) is 67.5 Å². The zero-order valence-corrected chi connectivity index (χ0v) is 14.2. The third-order valence-corrected chi connectivity index (χ3v) is 5.09. The van der Waals surface area contributed by atoms with Crippen LogP contribution in [-0.2, 0) is 6.42 Å². The summed E-state index contributed by atoms with van der Waals surface area (Å²) in [6.07, 6.45) is 12.7. The summed E-state index contributed by atoms with van der Waals surface area (Å²) < 4.78 is 2.28. The van der Waals surface area contributed by atoms with E-state index in [9.17, 15) is 0 Å². The normalized spacial score (nSPS) is 15.3. The van der Waals surface area contributed by atoms with Crippen molar-refractivity contribution in [3.63, 3.8) is 0 Å². The molecule has 0 atom stereocenters. The average Bonchev–Trinajstić information content (AvgIpc) is 3.28. The Labute approximate surface area is 143 Å². The Hall–Kier alpha value is -2.13. The van der Waals surface area contributed by atoms with Crippen LogP contribution in [0.5, 0.6) is 0 Å². The molecule has 0 N–H and O–H groups in total. The number of aryl methyl sites for hydroxylation is 1. The van der Waals surface area contributed by atoms with Gasteiger partial charge in [-0.25, -0.2) is 0 Å². The van der Waals surface area contributed by atoms with Crippen LogP contribution in [0.15, 0.2) is 55.0 Å². The fourth-order valence-corrected chi connectivity index (χ4v) is 3.80. The Bertz CT molecular complexity index is 785. The van der Waals surface area contributed by atoms with Crippen LogP contribution in [0, 0.1) is 0 Å². The number of hydrogen-bond donors (Lipinski definition) is 0. The van der Waals surface area contributed by atoms with Crippen molar-refractivity contribution in [1.29, 1.82) is 0 Å². The minimum absolute atomic E-state index is 1.15. The molecule has 0 unspecified atom stereocenters. The van der Waals surface area contributed by atoms with Gasteiger partial charge < -0.3 is 9.47 Å². The van der Waals surface area contributed by atoms with Crippen molar-refractivity contribution in [2.75, 3.05) is 19.6 Å². The lowest BCUT2D eigenvalue weighted by Gasteiger charge is -2.13. The zero-order valence-electron chi connectivity index (χ0n) is 14.2. The van der Waals surface area contributed by atoms with Crippen molar-refractivity contribution in [3.8, 4) is 5.69 Å². The maximum absolute atomic E-state index is 4.33. The van der Waals surface area contributed by atoms with Gasteiger partial charge in [0.15, 0.2) is 0 Å². The van der Waals surface area contributed by atoms with E-state index in [0.29, 0.717) is 0 Å². The lowest BCUT2D eigenvalue weighted by Crippen LogP contribution is -2.20. The molecule has 2 aromatic heterocycles. The van der Waals surface area contributed by atoms with E-state index in [4.69, 9.17) is 0 Å². The molecule has 1 fully saturated rings. The van der Waals surface area contributed by atoms with Crippen LogP contribution in [-0.4, -0.2) is 34.1 Å². The minimum atomic E-state index is 1.15. The van der Waals surface area contributed by atoms with Crippen LogP contribution in [0.3, 0.4) is 0 Å². The fraction of sp³-hybridized carbons (Fsp3) is 0.381. The Morgan fingerprint density at radius 2 is 1.79 bits per heavy atom. The minimum Gasteiger partial charge on any atom is -0.315 e. The van der Waals surface area contributed by atoms with Gasteiger partial charge in [-0.1, -0.05) is 18.2 Å². The van der Waals surface area contributed by atoms with Crippen molar-refractivity contribution in [1.82, 2.24) is 14.5 Å². The monoisotopic (exact) mass is 319 g/mol. The Morgan fingerprint density at radius 3 is 2.62 bits per heavy atom. The molecule has 0 aliphatic carbocycles. The van der Waals surface area contributed by atoms with E-state index < -0.39 is 0 Å². The number of para-hydroxylation sites is 1. The highest BCUT2D eigenvalue weighted by Gasteiger charge is 2.12. The van der Waals surface area contributed by atoms with Gasteiger partial charge in [-0.05, 0) is 75.5 Å². The second-order valence-electron chi connectivity index (χ2n) is 6.76. The standard InChI is InChI=1S/C21H25N3/c1-2-9-19(10-3-1)24-17-18(20-11-12-22-16-21(20)24)8-4-5-13-23-14-6-7-15-23/h1-3,9-12,16-17H,4-8,13-15H2. The molecule has 24 heavy (non-hydrogen) atoms. The first-order valence-corrected chi connectivity index (χ1v) is 9.13. The van der Waals surface area contributed by atoms with Crippen molar-refractivity contribution >= 4 is 10.9 Å². The molecule has 0 saturated carbocycles. The Kier molecular flexibility index (Phi) is 4.61. The third-order valence-electron chi connectivity index (χ3n) is 5.09. The van der Waals surface area contributed by atoms with Crippen molar-refractivity contribution in [2.45, 2.75) is 32.1 Å². The van der Waals surface area contributed by atoms with Gasteiger partial charge in [-0.15, -0.1) is 0 Å².